The highest BCUT2D eigenvalue weighted by Crippen LogP contribution is 2.34. The van der Waals surface area contributed by atoms with Gasteiger partial charge in [-0.05, 0) is 48.0 Å². The van der Waals surface area contributed by atoms with Crippen molar-refractivity contribution in [1.82, 2.24) is 15.0 Å². The molecule has 0 amide bonds. The second kappa shape index (κ2) is 9.80. The van der Waals surface area contributed by atoms with Gasteiger partial charge in [-0.15, -0.1) is 34.0 Å². The van der Waals surface area contributed by atoms with E-state index in [1.807, 2.05) is 18.2 Å². The Hall–Kier alpha value is -2.46. The molecule has 5 aromatic rings. The molecule has 6 nitrogen and oxygen atoms in total. The topological polar surface area (TPSA) is 95.9 Å². The third kappa shape index (κ3) is 4.50. The fraction of sp³-hybridized carbons (Fsp3) is 0.0435. The average Bonchev–Trinajstić information content (AvgIpc) is 3.18. The van der Waals surface area contributed by atoms with Crippen molar-refractivity contribution in [3.63, 3.8) is 0 Å². The Bertz CT molecular complexity index is 1570. The molecule has 3 aromatic carbocycles. The number of benzene rings is 3. The minimum atomic E-state index is -3.94. The molecule has 2 N–H and O–H groups in total. The van der Waals surface area contributed by atoms with Crippen molar-refractivity contribution < 1.29 is 13.5 Å². The van der Waals surface area contributed by atoms with Crippen molar-refractivity contribution in [3.8, 4) is 5.75 Å². The summed E-state index contributed by atoms with van der Waals surface area (Å²) in [7, 11) is -3.94. The number of phenols is 1. The van der Waals surface area contributed by atoms with Gasteiger partial charge in [0.1, 0.15) is 22.6 Å². The van der Waals surface area contributed by atoms with E-state index in [0.29, 0.717) is 33.7 Å². The second-order valence-electron chi connectivity index (χ2n) is 7.09. The summed E-state index contributed by atoms with van der Waals surface area (Å²) in [6.45, 7) is 0. The van der Waals surface area contributed by atoms with Crippen LogP contribution in [-0.4, -0.2) is 28.5 Å². The zero-order valence-electron chi connectivity index (χ0n) is 16.9. The molecular formula is C23H18Br2ClN3O3S. The number of para-hydroxylation sites is 1. The zero-order chi connectivity index (χ0) is 21.6. The minimum Gasteiger partial charge on any atom is -0.506 e. The van der Waals surface area contributed by atoms with Gasteiger partial charge in [-0.25, -0.2) is 13.4 Å². The molecule has 0 spiro atoms. The van der Waals surface area contributed by atoms with Crippen molar-refractivity contribution in [1.29, 1.82) is 0 Å². The molecule has 0 saturated carbocycles. The van der Waals surface area contributed by atoms with Gasteiger partial charge >= 0.3 is 0 Å². The van der Waals surface area contributed by atoms with Gasteiger partial charge in [0.25, 0.3) is 0 Å². The van der Waals surface area contributed by atoms with E-state index in [9.17, 15) is 13.5 Å². The first-order valence-corrected chi connectivity index (χ1v) is 11.3. The van der Waals surface area contributed by atoms with Crippen LogP contribution in [-0.2, 0) is 16.3 Å². The van der Waals surface area contributed by atoms with Crippen LogP contribution < -0.4 is 0 Å². The number of pyridine rings is 1. The summed E-state index contributed by atoms with van der Waals surface area (Å²) in [6.07, 6.45) is 1.95. The first-order valence-electron chi connectivity index (χ1n) is 9.48. The van der Waals surface area contributed by atoms with Gasteiger partial charge in [0.05, 0.1) is 15.3 Å². The summed E-state index contributed by atoms with van der Waals surface area (Å²) in [4.78, 5) is 12.0. The maximum Gasteiger partial charge on any atom is 0.209 e. The molecule has 0 radical (unpaired) electrons. The van der Waals surface area contributed by atoms with Crippen LogP contribution in [0.1, 0.15) is 11.4 Å². The van der Waals surface area contributed by atoms with Crippen molar-refractivity contribution in [2.75, 3.05) is 0 Å². The van der Waals surface area contributed by atoms with Crippen molar-refractivity contribution >= 4 is 77.3 Å². The molecule has 10 heteroatoms. The quantitative estimate of drug-likeness (QED) is 0.258. The van der Waals surface area contributed by atoms with Crippen LogP contribution in [0.3, 0.4) is 0 Å². The lowest BCUT2D eigenvalue weighted by atomic mass is 10.1. The molecule has 0 aliphatic rings. The zero-order valence-corrected chi connectivity index (χ0v) is 21.9. The Morgan fingerprint density at radius 2 is 1.67 bits per heavy atom. The molecule has 2 heterocycles. The smallest absolute Gasteiger partial charge is 0.209 e. The number of aromatic amines is 1. The van der Waals surface area contributed by atoms with Crippen LogP contribution in [0.15, 0.2) is 82.7 Å². The molecule has 2 aromatic heterocycles. The summed E-state index contributed by atoms with van der Waals surface area (Å²) < 4.78 is 27.2. The molecule has 0 atom stereocenters. The van der Waals surface area contributed by atoms with E-state index in [2.05, 4.69) is 15.0 Å². The average molecular weight is 612 g/mol. The van der Waals surface area contributed by atoms with Gasteiger partial charge in [0.15, 0.2) is 0 Å². The molecule has 0 fully saturated rings. The van der Waals surface area contributed by atoms with Crippen LogP contribution in [0.2, 0.25) is 5.02 Å². The number of hydrogen-bond donors (Lipinski definition) is 2. The number of phenolic OH excluding ortho intramolecular Hbond substituents is 1. The number of fused-ring (bicyclic) bond motifs is 2. The Morgan fingerprint density at radius 3 is 2.45 bits per heavy atom. The number of H-pyrrole nitrogens is 1. The van der Waals surface area contributed by atoms with Gasteiger partial charge in [-0.3, -0.25) is 4.98 Å². The van der Waals surface area contributed by atoms with Gasteiger partial charge in [0.2, 0.25) is 9.84 Å². The van der Waals surface area contributed by atoms with E-state index in [1.165, 1.54) is 24.4 Å². The summed E-state index contributed by atoms with van der Waals surface area (Å²) in [6, 6.07) is 18.5. The molecular weight excluding hydrogens is 594 g/mol. The van der Waals surface area contributed by atoms with Crippen molar-refractivity contribution in [2.45, 2.75) is 16.2 Å². The van der Waals surface area contributed by atoms with E-state index in [1.54, 1.807) is 30.3 Å². The Kier molecular flexibility index (Phi) is 7.48. The largest absolute Gasteiger partial charge is 0.506 e. The summed E-state index contributed by atoms with van der Waals surface area (Å²) in [5.41, 5.74) is 2.10. The number of aromatic nitrogens is 3. The van der Waals surface area contributed by atoms with Crippen LogP contribution >= 0.6 is 45.6 Å². The highest BCUT2D eigenvalue weighted by Gasteiger charge is 2.25. The van der Waals surface area contributed by atoms with Gasteiger partial charge in [0, 0.05) is 23.0 Å². The van der Waals surface area contributed by atoms with Gasteiger partial charge in [-0.1, -0.05) is 35.9 Å². The number of imidazole rings is 1. The highest BCUT2D eigenvalue weighted by molar-refractivity contribution is 8.93. The Labute approximate surface area is 216 Å². The number of nitrogens with one attached hydrogen (secondary N) is 1. The first-order chi connectivity index (χ1) is 14.9. The van der Waals surface area contributed by atoms with Crippen molar-refractivity contribution in [2.24, 2.45) is 0 Å². The molecule has 0 aliphatic heterocycles. The predicted molar refractivity (Wildman–Crippen MR) is 140 cm³/mol. The van der Waals surface area contributed by atoms with E-state index < -0.39 is 9.84 Å². The number of nitrogens with zero attached hydrogens (tertiary/aromatic N) is 2. The predicted octanol–water partition coefficient (Wildman–Crippen LogP) is 6.05. The maximum atomic E-state index is 13.6. The van der Waals surface area contributed by atoms with Crippen LogP contribution in [0.4, 0.5) is 0 Å². The first kappa shape index (κ1) is 25.2. The number of rotatable bonds is 4. The van der Waals surface area contributed by atoms with E-state index in [-0.39, 0.29) is 55.0 Å². The number of aromatic hydroxyl groups is 1. The summed E-state index contributed by atoms with van der Waals surface area (Å²) in [5, 5.41) is 11.1. The minimum absolute atomic E-state index is 0. The number of halogens is 3. The number of hydrogen-bond acceptors (Lipinski definition) is 5. The van der Waals surface area contributed by atoms with E-state index in [4.69, 9.17) is 11.6 Å². The van der Waals surface area contributed by atoms with Crippen LogP contribution in [0, 0.1) is 0 Å². The highest BCUT2D eigenvalue weighted by atomic mass is 79.9. The monoisotopic (exact) mass is 609 g/mol. The normalized spacial score (nSPS) is 11.2. The molecule has 33 heavy (non-hydrogen) atoms. The molecule has 0 unspecified atom stereocenters. The third-order valence-corrected chi connectivity index (χ3v) is 7.34. The Balaban J connectivity index is 0.00000153. The van der Waals surface area contributed by atoms with Gasteiger partial charge in [-0.2, -0.15) is 0 Å². The van der Waals surface area contributed by atoms with E-state index >= 15 is 0 Å². The third-order valence-electron chi connectivity index (χ3n) is 5.13. The molecule has 0 saturated heterocycles. The lowest BCUT2D eigenvalue weighted by molar-refractivity contribution is 0.480. The summed E-state index contributed by atoms with van der Waals surface area (Å²) >= 11 is 6.26. The molecule has 0 aliphatic carbocycles. The molecule has 5 rings (SSSR count). The molecule has 170 valence electrons. The summed E-state index contributed by atoms with van der Waals surface area (Å²) in [5.74, 6) is 0.539. The van der Waals surface area contributed by atoms with Gasteiger partial charge < -0.3 is 10.1 Å². The fourth-order valence-corrected chi connectivity index (χ4v) is 5.47. The number of sulfone groups is 1. The fourth-order valence-electron chi connectivity index (χ4n) is 3.66. The maximum absolute atomic E-state index is 13.6. The van der Waals surface area contributed by atoms with Crippen LogP contribution in [0.25, 0.3) is 21.9 Å². The Morgan fingerprint density at radius 1 is 0.879 bits per heavy atom. The van der Waals surface area contributed by atoms with Crippen molar-refractivity contribution in [3.05, 3.63) is 89.3 Å². The van der Waals surface area contributed by atoms with E-state index in [0.717, 1.165) is 5.56 Å². The lowest BCUT2D eigenvalue weighted by Crippen LogP contribution is -2.04. The standard InChI is InChI=1S/C23H16ClN3O3S.2BrH/c24-16-7-2-1-5-14(16)13-21-26-17-8-3-9-20(23(17)27-21)31(29,30)19-11-10-18(28)22-15(19)6-4-12-25-22;;/h1-12,28H,13H2,(H,26,27);2*1H. The molecule has 0 bridgehead atoms. The lowest BCUT2D eigenvalue weighted by Gasteiger charge is -2.09. The van der Waals surface area contributed by atoms with Crippen LogP contribution in [0.5, 0.6) is 5.75 Å². The second-order valence-corrected chi connectivity index (χ2v) is 9.38. The SMILES string of the molecule is Br.Br.O=S(=O)(c1ccc(O)c2ncccc12)c1cccc2[nH]c(Cc3ccccc3Cl)nc12.